The smallest absolute Gasteiger partial charge is 0.310 e. The summed E-state index contributed by atoms with van der Waals surface area (Å²) >= 11 is 0. The number of hydrogen-bond donors (Lipinski definition) is 0. The SMILES string of the molecule is Cc1nc(C)c(-c2ccc3c(c2)CCN(c2ncnc4c2oc2cccc(F)c24)C3)c(N2CCC(C)(C)CC2)c1CC(=O)OC(C)C. The lowest BCUT2D eigenvalue weighted by Gasteiger charge is -2.40. The maximum absolute atomic E-state index is 14.7. The molecule has 0 N–H and O–H groups in total. The summed E-state index contributed by atoms with van der Waals surface area (Å²) in [6.07, 6.45) is 4.48. The monoisotopic (exact) mass is 635 g/mol. The third-order valence-electron chi connectivity index (χ3n) is 9.79. The molecule has 0 unspecified atom stereocenters. The molecule has 1 fully saturated rings. The summed E-state index contributed by atoms with van der Waals surface area (Å²) in [7, 11) is 0. The Bertz CT molecular complexity index is 2010. The highest BCUT2D eigenvalue weighted by molar-refractivity contribution is 6.06. The molecular formula is C38H42FN5O3. The van der Waals surface area contributed by atoms with Crippen LogP contribution >= 0.6 is 0 Å². The molecule has 0 bridgehead atoms. The van der Waals surface area contributed by atoms with E-state index in [0.717, 1.165) is 72.7 Å². The fraction of sp³-hybridized carbons (Fsp3) is 0.421. The normalized spacial score (nSPS) is 16.3. The van der Waals surface area contributed by atoms with Gasteiger partial charge in [-0.3, -0.25) is 9.78 Å². The molecule has 0 radical (unpaired) electrons. The van der Waals surface area contributed by atoms with E-state index in [1.54, 1.807) is 12.1 Å². The number of carbonyl (C=O) groups excluding carboxylic acids is 1. The first-order valence-electron chi connectivity index (χ1n) is 16.6. The molecule has 0 amide bonds. The zero-order valence-corrected chi connectivity index (χ0v) is 28.1. The number of rotatable bonds is 6. The summed E-state index contributed by atoms with van der Waals surface area (Å²) in [5, 5.41) is 0.389. The van der Waals surface area contributed by atoms with Gasteiger partial charge in [0, 0.05) is 48.7 Å². The van der Waals surface area contributed by atoms with Crippen molar-refractivity contribution in [3.05, 3.63) is 76.6 Å². The van der Waals surface area contributed by atoms with E-state index in [1.807, 2.05) is 20.8 Å². The highest BCUT2D eigenvalue weighted by Gasteiger charge is 2.31. The summed E-state index contributed by atoms with van der Waals surface area (Å²) in [4.78, 5) is 31.6. The minimum absolute atomic E-state index is 0.174. The van der Waals surface area contributed by atoms with Gasteiger partial charge in [0.2, 0.25) is 0 Å². The molecule has 5 aromatic rings. The van der Waals surface area contributed by atoms with E-state index >= 15 is 0 Å². The van der Waals surface area contributed by atoms with Crippen LogP contribution in [0.25, 0.3) is 33.2 Å². The fourth-order valence-electron chi connectivity index (χ4n) is 7.24. The lowest BCUT2D eigenvalue weighted by molar-refractivity contribution is -0.146. The Hall–Kier alpha value is -4.53. The van der Waals surface area contributed by atoms with E-state index in [9.17, 15) is 9.18 Å². The molecule has 1 saturated heterocycles. The first kappa shape index (κ1) is 31.1. The van der Waals surface area contributed by atoms with E-state index < -0.39 is 0 Å². The number of pyridine rings is 1. The average molecular weight is 636 g/mol. The number of esters is 1. The molecule has 2 aromatic carbocycles. The van der Waals surface area contributed by atoms with Crippen molar-refractivity contribution in [2.45, 2.75) is 79.9 Å². The number of furan rings is 1. The summed E-state index contributed by atoms with van der Waals surface area (Å²) in [5.74, 6) is 0.0953. The Labute approximate surface area is 275 Å². The van der Waals surface area contributed by atoms with Gasteiger partial charge in [-0.15, -0.1) is 0 Å². The first-order valence-corrected chi connectivity index (χ1v) is 16.6. The number of aromatic nitrogens is 3. The molecule has 2 aliphatic heterocycles. The molecule has 0 aliphatic carbocycles. The van der Waals surface area contributed by atoms with Crippen LogP contribution in [0.5, 0.6) is 0 Å². The van der Waals surface area contributed by atoms with Gasteiger partial charge in [-0.1, -0.05) is 38.1 Å². The summed E-state index contributed by atoms with van der Waals surface area (Å²) in [6.45, 7) is 15.7. The summed E-state index contributed by atoms with van der Waals surface area (Å²) < 4.78 is 26.4. The Morgan fingerprint density at radius 1 is 1.02 bits per heavy atom. The third-order valence-corrected chi connectivity index (χ3v) is 9.79. The maximum atomic E-state index is 14.7. The second-order valence-electron chi connectivity index (χ2n) is 14.1. The molecular weight excluding hydrogens is 593 g/mol. The van der Waals surface area contributed by atoms with Crippen LogP contribution < -0.4 is 9.80 Å². The number of anilines is 2. The van der Waals surface area contributed by atoms with Crippen LogP contribution in [0.4, 0.5) is 15.9 Å². The van der Waals surface area contributed by atoms with Crippen molar-refractivity contribution in [1.82, 2.24) is 15.0 Å². The molecule has 9 heteroatoms. The summed E-state index contributed by atoms with van der Waals surface area (Å²) in [6, 6.07) is 11.5. The Balaban J connectivity index is 1.26. The number of nitrogens with zero attached hydrogens (tertiary/aromatic N) is 5. The van der Waals surface area contributed by atoms with Crippen molar-refractivity contribution >= 4 is 39.5 Å². The van der Waals surface area contributed by atoms with Gasteiger partial charge in [0.05, 0.1) is 23.6 Å². The number of carbonyl (C=O) groups is 1. The van der Waals surface area contributed by atoms with Gasteiger partial charge >= 0.3 is 5.97 Å². The van der Waals surface area contributed by atoms with Gasteiger partial charge in [-0.25, -0.2) is 14.4 Å². The predicted molar refractivity (Wildman–Crippen MR) is 183 cm³/mol. The van der Waals surface area contributed by atoms with E-state index in [0.29, 0.717) is 34.4 Å². The van der Waals surface area contributed by atoms with E-state index in [2.05, 4.69) is 58.7 Å². The number of benzene rings is 2. The highest BCUT2D eigenvalue weighted by Crippen LogP contribution is 2.43. The van der Waals surface area contributed by atoms with Crippen LogP contribution in [0.3, 0.4) is 0 Å². The minimum Gasteiger partial charge on any atom is -0.463 e. The van der Waals surface area contributed by atoms with Crippen molar-refractivity contribution in [2.24, 2.45) is 5.41 Å². The van der Waals surface area contributed by atoms with E-state index in [4.69, 9.17) is 14.1 Å². The Kier molecular flexibility index (Phi) is 7.89. The van der Waals surface area contributed by atoms with Crippen LogP contribution in [0.1, 0.15) is 68.6 Å². The minimum atomic E-state index is -0.351. The van der Waals surface area contributed by atoms with E-state index in [-0.39, 0.29) is 29.7 Å². The van der Waals surface area contributed by atoms with Gasteiger partial charge in [0.15, 0.2) is 11.4 Å². The summed E-state index contributed by atoms with van der Waals surface area (Å²) in [5.41, 5.74) is 10.3. The first-order chi connectivity index (χ1) is 22.5. The van der Waals surface area contributed by atoms with Crippen molar-refractivity contribution in [2.75, 3.05) is 29.4 Å². The van der Waals surface area contributed by atoms with Crippen LogP contribution in [0, 0.1) is 25.1 Å². The van der Waals surface area contributed by atoms with Gasteiger partial charge in [0.1, 0.15) is 23.2 Å². The zero-order valence-electron chi connectivity index (χ0n) is 28.1. The number of hydrogen-bond acceptors (Lipinski definition) is 8. The molecule has 8 nitrogen and oxygen atoms in total. The number of fused-ring (bicyclic) bond motifs is 4. The fourth-order valence-corrected chi connectivity index (χ4v) is 7.24. The van der Waals surface area contributed by atoms with Crippen molar-refractivity contribution < 1.29 is 18.3 Å². The molecule has 5 heterocycles. The van der Waals surface area contributed by atoms with E-state index in [1.165, 1.54) is 23.5 Å². The van der Waals surface area contributed by atoms with Gasteiger partial charge in [-0.2, -0.15) is 0 Å². The molecule has 7 rings (SSSR count). The standard InChI is InChI=1S/C38H42FN5O3/c1-22(2)46-31(45)19-28-23(3)42-24(4)32(35(28)43-16-13-38(5,6)14-17-43)26-10-11-27-20-44(15-12-25(27)18-26)37-36-34(40-21-41-37)33-29(39)8-7-9-30(33)47-36/h7-11,18,21-22H,12-17,19-20H2,1-6H3. The lowest BCUT2D eigenvalue weighted by Crippen LogP contribution is -2.38. The Morgan fingerprint density at radius 2 is 1.81 bits per heavy atom. The second-order valence-corrected chi connectivity index (χ2v) is 14.1. The molecule has 0 spiro atoms. The molecule has 0 atom stereocenters. The number of halogens is 1. The largest absolute Gasteiger partial charge is 0.463 e. The molecule has 3 aromatic heterocycles. The molecule has 47 heavy (non-hydrogen) atoms. The number of aryl methyl sites for hydroxylation is 2. The third kappa shape index (κ3) is 5.81. The quantitative estimate of drug-likeness (QED) is 0.174. The molecule has 244 valence electrons. The van der Waals surface area contributed by atoms with Crippen LogP contribution in [0.2, 0.25) is 0 Å². The highest BCUT2D eigenvalue weighted by atomic mass is 19.1. The zero-order chi connectivity index (χ0) is 33.0. The average Bonchev–Trinajstić information content (AvgIpc) is 3.42. The van der Waals surface area contributed by atoms with Crippen molar-refractivity contribution in [1.29, 1.82) is 0 Å². The Morgan fingerprint density at radius 3 is 2.57 bits per heavy atom. The molecule has 0 saturated carbocycles. The lowest BCUT2D eigenvalue weighted by atomic mass is 9.82. The maximum Gasteiger partial charge on any atom is 0.310 e. The van der Waals surface area contributed by atoms with Gasteiger partial charge in [-0.05, 0) is 81.2 Å². The predicted octanol–water partition coefficient (Wildman–Crippen LogP) is 7.88. The van der Waals surface area contributed by atoms with Gasteiger partial charge in [0.25, 0.3) is 0 Å². The van der Waals surface area contributed by atoms with Crippen LogP contribution in [-0.2, 0) is 28.9 Å². The number of piperidine rings is 1. The topological polar surface area (TPSA) is 84.6 Å². The van der Waals surface area contributed by atoms with Crippen molar-refractivity contribution in [3.8, 4) is 11.1 Å². The van der Waals surface area contributed by atoms with Gasteiger partial charge < -0.3 is 19.0 Å². The van der Waals surface area contributed by atoms with Crippen molar-refractivity contribution in [3.63, 3.8) is 0 Å². The second kappa shape index (κ2) is 11.9. The van der Waals surface area contributed by atoms with Crippen LogP contribution in [0.15, 0.2) is 47.1 Å². The van der Waals surface area contributed by atoms with Crippen LogP contribution in [-0.4, -0.2) is 46.7 Å². The number of ether oxygens (including phenoxy) is 1. The molecule has 2 aliphatic rings.